The molecule has 0 aliphatic heterocycles. The molecule has 7 heteroatoms. The summed E-state index contributed by atoms with van der Waals surface area (Å²) in [6.45, 7) is 1.36. The van der Waals surface area contributed by atoms with Gasteiger partial charge in [0.2, 0.25) is 17.1 Å². The molecule has 1 amide bonds. The predicted octanol–water partition coefficient (Wildman–Crippen LogP) is 3.14. The Labute approximate surface area is 148 Å². The molecule has 0 unspecified atom stereocenters. The van der Waals surface area contributed by atoms with Gasteiger partial charge in [-0.3, -0.25) is 9.59 Å². The largest absolute Gasteiger partial charge is 0.502 e. The van der Waals surface area contributed by atoms with Crippen molar-refractivity contribution in [2.75, 3.05) is 19.5 Å². The zero-order valence-corrected chi connectivity index (χ0v) is 14.5. The Morgan fingerprint density at radius 3 is 2.31 bits per heavy atom. The Balaban J connectivity index is 2.21. The molecule has 2 N–H and O–H groups in total. The minimum Gasteiger partial charge on any atom is -0.502 e. The van der Waals surface area contributed by atoms with E-state index < -0.39 is 11.2 Å². The number of fused-ring (bicyclic) bond motifs is 1. The molecule has 26 heavy (non-hydrogen) atoms. The molecular weight excluding hydrogens is 338 g/mol. The van der Waals surface area contributed by atoms with E-state index in [0.29, 0.717) is 22.7 Å². The Hall–Kier alpha value is -3.48. The number of amides is 1. The van der Waals surface area contributed by atoms with Gasteiger partial charge >= 0.3 is 0 Å². The molecule has 3 rings (SSSR count). The lowest BCUT2D eigenvalue weighted by atomic mass is 10.1. The molecule has 1 heterocycles. The third-order valence-electron chi connectivity index (χ3n) is 3.80. The van der Waals surface area contributed by atoms with Crippen LogP contribution >= 0.6 is 0 Å². The van der Waals surface area contributed by atoms with Crippen LogP contribution in [0.2, 0.25) is 0 Å². The lowest BCUT2D eigenvalue weighted by Crippen LogP contribution is -2.07. The summed E-state index contributed by atoms with van der Waals surface area (Å²) >= 11 is 0. The first kappa shape index (κ1) is 17.3. The summed E-state index contributed by atoms with van der Waals surface area (Å²) in [5, 5.41) is 13.1. The smallest absolute Gasteiger partial charge is 0.235 e. The molecule has 0 spiro atoms. The van der Waals surface area contributed by atoms with E-state index in [1.807, 2.05) is 0 Å². The van der Waals surface area contributed by atoms with Gasteiger partial charge in [-0.15, -0.1) is 0 Å². The van der Waals surface area contributed by atoms with E-state index in [1.54, 1.807) is 30.3 Å². The number of hydrogen-bond donors (Lipinski definition) is 2. The molecule has 1 aromatic heterocycles. The van der Waals surface area contributed by atoms with E-state index in [9.17, 15) is 14.7 Å². The summed E-state index contributed by atoms with van der Waals surface area (Å²) < 4.78 is 16.2. The lowest BCUT2D eigenvalue weighted by Gasteiger charge is -2.10. The number of methoxy groups -OCH3 is 2. The Morgan fingerprint density at radius 2 is 1.73 bits per heavy atom. The quantitative estimate of drug-likeness (QED) is 0.746. The second-order valence-electron chi connectivity index (χ2n) is 5.60. The van der Waals surface area contributed by atoms with Crippen LogP contribution in [0.5, 0.6) is 17.2 Å². The minimum absolute atomic E-state index is 0.00646. The van der Waals surface area contributed by atoms with E-state index in [2.05, 4.69) is 5.32 Å². The number of nitrogens with one attached hydrogen (secondary N) is 1. The van der Waals surface area contributed by atoms with Crippen LogP contribution < -0.4 is 20.2 Å². The lowest BCUT2D eigenvalue weighted by molar-refractivity contribution is -0.114. The summed E-state index contributed by atoms with van der Waals surface area (Å²) in [4.78, 5) is 23.8. The van der Waals surface area contributed by atoms with Crippen molar-refractivity contribution in [1.82, 2.24) is 0 Å². The summed E-state index contributed by atoms with van der Waals surface area (Å²) in [6, 6.07) is 9.54. The maximum atomic E-state index is 12.6. The first-order valence-electron chi connectivity index (χ1n) is 7.73. The van der Waals surface area contributed by atoms with Gasteiger partial charge in [-0.2, -0.15) is 0 Å². The number of benzene rings is 2. The Bertz CT molecular complexity index is 1030. The van der Waals surface area contributed by atoms with Crippen LogP contribution in [-0.2, 0) is 4.79 Å². The van der Waals surface area contributed by atoms with Gasteiger partial charge in [-0.05, 0) is 30.3 Å². The highest BCUT2D eigenvalue weighted by atomic mass is 16.5. The van der Waals surface area contributed by atoms with Crippen LogP contribution in [0.3, 0.4) is 0 Å². The van der Waals surface area contributed by atoms with Crippen molar-refractivity contribution in [3.8, 4) is 28.6 Å². The van der Waals surface area contributed by atoms with Gasteiger partial charge in [-0.1, -0.05) is 0 Å². The standard InChI is InChI=1S/C19H17NO6/c1-10(21)20-12-4-5-16-15(8-12)17(22)18(23)19(26-16)11-6-13(24-2)9-14(7-11)25-3/h4-9,23H,1-3H3,(H,20,21). The number of rotatable bonds is 4. The summed E-state index contributed by atoms with van der Waals surface area (Å²) in [5.41, 5.74) is 0.546. The van der Waals surface area contributed by atoms with Gasteiger partial charge < -0.3 is 24.3 Å². The van der Waals surface area contributed by atoms with Crippen molar-refractivity contribution < 1.29 is 23.8 Å². The molecule has 0 atom stereocenters. The van der Waals surface area contributed by atoms with Crippen LogP contribution in [-0.4, -0.2) is 25.2 Å². The van der Waals surface area contributed by atoms with Crippen molar-refractivity contribution >= 4 is 22.6 Å². The molecule has 0 radical (unpaired) electrons. The monoisotopic (exact) mass is 355 g/mol. The number of hydrogen-bond acceptors (Lipinski definition) is 6. The first-order chi connectivity index (χ1) is 12.4. The fourth-order valence-corrected chi connectivity index (χ4v) is 2.60. The summed E-state index contributed by atoms with van der Waals surface area (Å²) in [5.74, 6) is 0.183. The van der Waals surface area contributed by atoms with Gasteiger partial charge in [0, 0.05) is 24.2 Å². The first-order valence-corrected chi connectivity index (χ1v) is 7.73. The minimum atomic E-state index is -0.602. The van der Waals surface area contributed by atoms with Crippen molar-refractivity contribution in [1.29, 1.82) is 0 Å². The third-order valence-corrected chi connectivity index (χ3v) is 3.80. The maximum Gasteiger partial charge on any atom is 0.235 e. The van der Waals surface area contributed by atoms with Gasteiger partial charge in [0.05, 0.1) is 19.6 Å². The third kappa shape index (κ3) is 3.19. The van der Waals surface area contributed by atoms with Crippen LogP contribution in [0.4, 0.5) is 5.69 Å². The number of carbonyl (C=O) groups excluding carboxylic acids is 1. The average Bonchev–Trinajstić information content (AvgIpc) is 2.64. The van der Waals surface area contributed by atoms with Crippen molar-refractivity contribution in [3.05, 3.63) is 46.6 Å². The number of carbonyl (C=O) groups is 1. The molecule has 0 saturated heterocycles. The van der Waals surface area contributed by atoms with Gasteiger partial charge in [0.15, 0.2) is 5.76 Å². The molecular formula is C19H17NO6. The fraction of sp³-hybridized carbons (Fsp3) is 0.158. The molecule has 0 aliphatic carbocycles. The van der Waals surface area contributed by atoms with E-state index in [4.69, 9.17) is 13.9 Å². The maximum absolute atomic E-state index is 12.6. The van der Waals surface area contributed by atoms with Crippen LogP contribution in [0, 0.1) is 0 Å². The molecule has 2 aromatic carbocycles. The SMILES string of the molecule is COc1cc(OC)cc(-c2oc3ccc(NC(C)=O)cc3c(=O)c2O)c1. The van der Waals surface area contributed by atoms with Crippen LogP contribution in [0.15, 0.2) is 45.6 Å². The second-order valence-corrected chi connectivity index (χ2v) is 5.60. The highest BCUT2D eigenvalue weighted by molar-refractivity contribution is 5.92. The highest BCUT2D eigenvalue weighted by Crippen LogP contribution is 2.35. The summed E-state index contributed by atoms with van der Waals surface area (Å²) in [7, 11) is 3.00. The Kier molecular flexibility index (Phi) is 4.53. The fourth-order valence-electron chi connectivity index (χ4n) is 2.60. The second kappa shape index (κ2) is 6.79. The van der Waals surface area contributed by atoms with Crippen molar-refractivity contribution in [3.63, 3.8) is 0 Å². The molecule has 0 aliphatic rings. The van der Waals surface area contributed by atoms with Crippen molar-refractivity contribution in [2.24, 2.45) is 0 Å². The normalized spacial score (nSPS) is 10.6. The molecule has 134 valence electrons. The highest BCUT2D eigenvalue weighted by Gasteiger charge is 2.17. The molecule has 3 aromatic rings. The predicted molar refractivity (Wildman–Crippen MR) is 97.0 cm³/mol. The number of anilines is 1. The van der Waals surface area contributed by atoms with E-state index in [-0.39, 0.29) is 22.6 Å². The van der Waals surface area contributed by atoms with E-state index in [0.717, 1.165) is 0 Å². The Morgan fingerprint density at radius 1 is 1.08 bits per heavy atom. The zero-order valence-electron chi connectivity index (χ0n) is 14.5. The van der Waals surface area contributed by atoms with Gasteiger partial charge in [-0.25, -0.2) is 0 Å². The van der Waals surface area contributed by atoms with E-state index in [1.165, 1.54) is 27.2 Å². The zero-order chi connectivity index (χ0) is 18.8. The molecule has 0 bridgehead atoms. The molecule has 0 fully saturated rings. The average molecular weight is 355 g/mol. The van der Waals surface area contributed by atoms with Crippen LogP contribution in [0.25, 0.3) is 22.3 Å². The number of aromatic hydroxyl groups is 1. The topological polar surface area (TPSA) is 98.0 Å². The van der Waals surface area contributed by atoms with Crippen molar-refractivity contribution in [2.45, 2.75) is 6.92 Å². The van der Waals surface area contributed by atoms with Gasteiger partial charge in [0.25, 0.3) is 0 Å². The summed E-state index contributed by atoms with van der Waals surface area (Å²) in [6.07, 6.45) is 0. The van der Waals surface area contributed by atoms with Crippen LogP contribution in [0.1, 0.15) is 6.92 Å². The molecule has 7 nitrogen and oxygen atoms in total. The van der Waals surface area contributed by atoms with Gasteiger partial charge in [0.1, 0.15) is 17.1 Å². The van der Waals surface area contributed by atoms with E-state index >= 15 is 0 Å². The number of ether oxygens (including phenoxy) is 2. The molecule has 0 saturated carbocycles.